The van der Waals surface area contributed by atoms with Crippen molar-refractivity contribution in [2.75, 3.05) is 19.8 Å². The molecule has 0 spiro atoms. The summed E-state index contributed by atoms with van der Waals surface area (Å²) in [6, 6.07) is 2.71. The highest BCUT2D eigenvalue weighted by molar-refractivity contribution is 5.92. The lowest BCUT2D eigenvalue weighted by atomic mass is 10.0. The average molecular weight is 552 g/mol. The number of hydrogen-bond acceptors (Lipinski definition) is 9. The van der Waals surface area contributed by atoms with Crippen LogP contribution in [0, 0.1) is 5.92 Å². The third-order valence-corrected chi connectivity index (χ3v) is 6.10. The number of aromatic hydroxyl groups is 1. The van der Waals surface area contributed by atoms with Crippen LogP contribution in [0.4, 0.5) is 0 Å². The van der Waals surface area contributed by atoms with Crippen LogP contribution >= 0.6 is 0 Å². The molecule has 0 bridgehead atoms. The van der Waals surface area contributed by atoms with Gasteiger partial charge in [0.15, 0.2) is 0 Å². The van der Waals surface area contributed by atoms with Crippen LogP contribution in [-0.4, -0.2) is 89.2 Å². The summed E-state index contributed by atoms with van der Waals surface area (Å²) in [5.74, 6) is -2.91. The number of carbonyl (C=O) groups excluding carboxylic acids is 5. The second-order valence-electron chi connectivity index (χ2n) is 9.39. The number of aldehydes is 1. The molecule has 9 N–H and O–H groups in total. The fraction of sp³-hybridized carbons (Fsp3) is 0.577. The van der Waals surface area contributed by atoms with Crippen molar-refractivity contribution in [2.45, 2.75) is 70.1 Å². The van der Waals surface area contributed by atoms with E-state index in [0.29, 0.717) is 12.7 Å². The zero-order valence-corrected chi connectivity index (χ0v) is 22.4. The molecule has 1 rings (SSSR count). The number of amides is 4. The molecule has 0 saturated heterocycles. The van der Waals surface area contributed by atoms with E-state index in [1.165, 1.54) is 13.8 Å². The van der Waals surface area contributed by atoms with E-state index in [-0.39, 0.29) is 24.6 Å². The van der Waals surface area contributed by atoms with Crippen LogP contribution in [0.3, 0.4) is 0 Å². The van der Waals surface area contributed by atoms with Crippen molar-refractivity contribution >= 4 is 29.9 Å². The molecule has 0 saturated carbocycles. The quantitative estimate of drug-likeness (QED) is 0.0763. The number of carbonyl (C=O) groups is 5. The Morgan fingerprint density at radius 1 is 0.872 bits per heavy atom. The molecule has 39 heavy (non-hydrogen) atoms. The molecule has 13 nitrogen and oxygen atoms in total. The molecule has 0 aliphatic heterocycles. The summed E-state index contributed by atoms with van der Waals surface area (Å²) in [6.07, 6.45) is 3.78. The summed E-state index contributed by atoms with van der Waals surface area (Å²) in [4.78, 5) is 60.2. The zero-order chi connectivity index (χ0) is 29.4. The Labute approximate surface area is 227 Å². The molecule has 1 unspecified atom stereocenters. The van der Waals surface area contributed by atoms with Crippen molar-refractivity contribution in [1.29, 1.82) is 0 Å². The molecule has 4 amide bonds. The van der Waals surface area contributed by atoms with Crippen LogP contribution in [0.1, 0.15) is 45.1 Å². The van der Waals surface area contributed by atoms with Crippen LogP contribution in [-0.2, 0) is 30.4 Å². The first-order valence-corrected chi connectivity index (χ1v) is 12.9. The fourth-order valence-corrected chi connectivity index (χ4v) is 3.54. The van der Waals surface area contributed by atoms with Gasteiger partial charge in [0.05, 0.1) is 12.6 Å². The third-order valence-electron chi connectivity index (χ3n) is 6.10. The minimum atomic E-state index is -1.18. The maximum atomic E-state index is 12.4. The van der Waals surface area contributed by atoms with Crippen molar-refractivity contribution in [3.63, 3.8) is 0 Å². The first kappa shape index (κ1) is 33.5. The highest BCUT2D eigenvalue weighted by Gasteiger charge is 2.26. The number of rotatable bonds is 18. The SMILES string of the molecule is C[C@H](NC(=O)[C@H](C)NC(=O)[C@@H](N)CO)C(=O)NCC(CO)[C@@H](C=O)NC(=O)CCCCCc1ccc(O)cc1. The summed E-state index contributed by atoms with van der Waals surface area (Å²) < 4.78 is 0. The van der Waals surface area contributed by atoms with Crippen molar-refractivity contribution in [3.05, 3.63) is 29.8 Å². The molecule has 1 aromatic rings. The maximum Gasteiger partial charge on any atom is 0.242 e. The number of nitrogens with two attached hydrogens (primary N) is 1. The van der Waals surface area contributed by atoms with Gasteiger partial charge in [0.25, 0.3) is 0 Å². The number of aliphatic hydroxyl groups is 2. The number of phenolic OH excluding ortho intramolecular Hbond substituents is 1. The van der Waals surface area contributed by atoms with Gasteiger partial charge in [0.1, 0.15) is 30.2 Å². The lowest BCUT2D eigenvalue weighted by Gasteiger charge is -2.24. The Kier molecular flexibility index (Phi) is 15.3. The fourth-order valence-electron chi connectivity index (χ4n) is 3.54. The average Bonchev–Trinajstić information content (AvgIpc) is 2.92. The second kappa shape index (κ2) is 17.9. The van der Waals surface area contributed by atoms with Crippen LogP contribution < -0.4 is 27.0 Å². The zero-order valence-electron chi connectivity index (χ0n) is 22.4. The number of phenols is 1. The maximum absolute atomic E-state index is 12.4. The lowest BCUT2D eigenvalue weighted by molar-refractivity contribution is -0.132. The molecule has 0 fully saturated rings. The van der Waals surface area contributed by atoms with Crippen LogP contribution in [0.15, 0.2) is 24.3 Å². The third kappa shape index (κ3) is 12.7. The number of hydrogen-bond donors (Lipinski definition) is 8. The van der Waals surface area contributed by atoms with Crippen LogP contribution in [0.25, 0.3) is 0 Å². The van der Waals surface area contributed by atoms with Gasteiger partial charge in [-0.25, -0.2) is 0 Å². The minimum absolute atomic E-state index is 0.135. The first-order chi connectivity index (χ1) is 18.5. The van der Waals surface area contributed by atoms with E-state index >= 15 is 0 Å². The van der Waals surface area contributed by atoms with Crippen molar-refractivity contribution in [3.8, 4) is 5.75 Å². The summed E-state index contributed by atoms with van der Waals surface area (Å²) >= 11 is 0. The molecule has 13 heteroatoms. The van der Waals surface area contributed by atoms with Gasteiger partial charge < -0.3 is 47.1 Å². The predicted octanol–water partition coefficient (Wildman–Crippen LogP) is -1.77. The van der Waals surface area contributed by atoms with Crippen LogP contribution in [0.5, 0.6) is 5.75 Å². The molecule has 0 aromatic heterocycles. The molecule has 0 aliphatic rings. The van der Waals surface area contributed by atoms with E-state index in [1.807, 2.05) is 12.1 Å². The Morgan fingerprint density at radius 2 is 1.49 bits per heavy atom. The Hall–Kier alpha value is -3.55. The van der Waals surface area contributed by atoms with Crippen molar-refractivity contribution in [1.82, 2.24) is 21.3 Å². The van der Waals surface area contributed by atoms with E-state index in [2.05, 4.69) is 21.3 Å². The topological polar surface area (TPSA) is 220 Å². The Bertz CT molecular complexity index is 943. The standard InChI is InChI=1S/C26H41N5O8/c1-16(29-25(38)17(2)30-26(39)21(27)14-33)24(37)28-12-19(13-32)22(15-34)31-23(36)7-5-3-4-6-18-8-10-20(35)11-9-18/h8-11,15-17,19,21-22,32-33,35H,3-7,12-14,27H2,1-2H3,(H,28,37)(H,29,38)(H,30,39)(H,31,36)/t16-,17-,19?,21-,22+/m0/s1. The van der Waals surface area contributed by atoms with E-state index in [0.717, 1.165) is 24.8 Å². The van der Waals surface area contributed by atoms with Gasteiger partial charge >= 0.3 is 0 Å². The summed E-state index contributed by atoms with van der Waals surface area (Å²) in [6.45, 7) is 1.59. The predicted molar refractivity (Wildman–Crippen MR) is 142 cm³/mol. The van der Waals surface area contributed by atoms with Gasteiger partial charge in [-0.1, -0.05) is 18.6 Å². The van der Waals surface area contributed by atoms with Crippen molar-refractivity contribution < 1.29 is 39.3 Å². The van der Waals surface area contributed by atoms with Gasteiger partial charge in [0, 0.05) is 25.5 Å². The molecule has 0 heterocycles. The van der Waals surface area contributed by atoms with Gasteiger partial charge in [-0.3, -0.25) is 19.2 Å². The van der Waals surface area contributed by atoms with E-state index < -0.39 is 61.0 Å². The smallest absolute Gasteiger partial charge is 0.242 e. The lowest BCUT2D eigenvalue weighted by Crippen LogP contribution is -2.55. The van der Waals surface area contributed by atoms with Crippen LogP contribution in [0.2, 0.25) is 0 Å². The van der Waals surface area contributed by atoms with E-state index in [1.54, 1.807) is 12.1 Å². The number of benzene rings is 1. The van der Waals surface area contributed by atoms with Gasteiger partial charge in [-0.2, -0.15) is 0 Å². The van der Waals surface area contributed by atoms with Gasteiger partial charge in [0.2, 0.25) is 23.6 Å². The molecule has 5 atom stereocenters. The normalized spacial score (nSPS) is 14.7. The molecule has 0 aliphatic carbocycles. The number of nitrogens with one attached hydrogen (secondary N) is 4. The number of unbranched alkanes of at least 4 members (excludes halogenated alkanes) is 2. The van der Waals surface area contributed by atoms with E-state index in [4.69, 9.17) is 10.8 Å². The highest BCUT2D eigenvalue weighted by Crippen LogP contribution is 2.13. The number of aliphatic hydroxyl groups excluding tert-OH is 2. The summed E-state index contributed by atoms with van der Waals surface area (Å²) in [5, 5.41) is 37.8. The second-order valence-corrected chi connectivity index (χ2v) is 9.39. The Balaban J connectivity index is 2.42. The van der Waals surface area contributed by atoms with Crippen molar-refractivity contribution in [2.24, 2.45) is 11.7 Å². The molecular weight excluding hydrogens is 510 g/mol. The van der Waals surface area contributed by atoms with Gasteiger partial charge in [-0.05, 0) is 50.8 Å². The molecule has 0 radical (unpaired) electrons. The summed E-state index contributed by atoms with van der Waals surface area (Å²) in [7, 11) is 0. The highest BCUT2D eigenvalue weighted by atomic mass is 16.3. The monoisotopic (exact) mass is 551 g/mol. The van der Waals surface area contributed by atoms with Gasteiger partial charge in [-0.15, -0.1) is 0 Å². The molecule has 218 valence electrons. The largest absolute Gasteiger partial charge is 0.508 e. The molecule has 1 aromatic carbocycles. The van der Waals surface area contributed by atoms with E-state index in [9.17, 15) is 34.2 Å². The molecular formula is C26H41N5O8. The Morgan fingerprint density at radius 3 is 2.08 bits per heavy atom. The minimum Gasteiger partial charge on any atom is -0.508 e. The first-order valence-electron chi connectivity index (χ1n) is 12.9. The number of aryl methyl sites for hydroxylation is 1. The summed E-state index contributed by atoms with van der Waals surface area (Å²) in [5.41, 5.74) is 6.47.